The highest BCUT2D eigenvalue weighted by Gasteiger charge is 2.75. The number of ether oxygens (including phenoxy) is 6. The molecule has 2 rings (SSSR count). The third-order valence-corrected chi connectivity index (χ3v) is 4.17. The zero-order valence-electron chi connectivity index (χ0n) is 16.1. The molecular weight excluding hydrogens is 380 g/mol. The van der Waals surface area contributed by atoms with Crippen molar-refractivity contribution in [1.82, 2.24) is 0 Å². The van der Waals surface area contributed by atoms with Gasteiger partial charge in [-0.25, -0.2) is 0 Å². The first-order chi connectivity index (χ1) is 13.0. The van der Waals surface area contributed by atoms with Crippen molar-refractivity contribution < 1.29 is 52.4 Å². The van der Waals surface area contributed by atoms with Crippen LogP contribution in [0.4, 0.5) is 0 Å². The van der Waals surface area contributed by atoms with Crippen LogP contribution < -0.4 is 0 Å². The van der Waals surface area contributed by atoms with Gasteiger partial charge in [0.05, 0.1) is 0 Å². The normalized spacial score (nSPS) is 33.0. The molecule has 0 radical (unpaired) electrons. The van der Waals surface area contributed by atoms with Gasteiger partial charge in [0.15, 0.2) is 18.3 Å². The number of carbonyl (C=O) groups is 5. The number of hydrogen-bond donors (Lipinski definition) is 0. The smallest absolute Gasteiger partial charge is 0.303 e. The van der Waals surface area contributed by atoms with E-state index in [4.69, 9.17) is 28.4 Å². The van der Waals surface area contributed by atoms with Gasteiger partial charge in [0.1, 0.15) is 18.8 Å². The molecule has 0 bridgehead atoms. The Morgan fingerprint density at radius 2 is 1.29 bits per heavy atom. The Balaban J connectivity index is 2.53. The quantitative estimate of drug-likeness (QED) is 0.320. The van der Waals surface area contributed by atoms with E-state index >= 15 is 0 Å². The van der Waals surface area contributed by atoms with Crippen LogP contribution in [-0.2, 0) is 52.4 Å². The van der Waals surface area contributed by atoms with Crippen molar-refractivity contribution in [2.75, 3.05) is 6.61 Å². The van der Waals surface area contributed by atoms with Crippen molar-refractivity contribution in [2.24, 2.45) is 0 Å². The maximum absolute atomic E-state index is 11.8. The number of epoxide rings is 1. The summed E-state index contributed by atoms with van der Waals surface area (Å²) in [6.45, 7) is 5.07. The molecule has 0 aromatic heterocycles. The van der Waals surface area contributed by atoms with Gasteiger partial charge in [-0.2, -0.15) is 0 Å². The molecule has 0 spiro atoms. The molecule has 2 fully saturated rings. The second-order valence-electron chi connectivity index (χ2n) is 6.53. The molecule has 1 aliphatic heterocycles. The lowest BCUT2D eigenvalue weighted by Crippen LogP contribution is -2.68. The summed E-state index contributed by atoms with van der Waals surface area (Å²) in [6, 6.07) is 0. The second-order valence-corrected chi connectivity index (χ2v) is 6.53. The number of carbonyl (C=O) groups excluding carboxylic acids is 5. The van der Waals surface area contributed by atoms with Crippen molar-refractivity contribution in [2.45, 2.75) is 70.7 Å². The number of esters is 5. The van der Waals surface area contributed by atoms with Crippen LogP contribution in [0.25, 0.3) is 0 Å². The molecule has 28 heavy (non-hydrogen) atoms. The third-order valence-electron chi connectivity index (χ3n) is 4.17. The summed E-state index contributed by atoms with van der Waals surface area (Å²) in [4.78, 5) is 58.1. The molecule has 1 heterocycles. The highest BCUT2D eigenvalue weighted by molar-refractivity contribution is 5.70. The predicted octanol–water partition coefficient (Wildman–Crippen LogP) is -0.572. The molecule has 0 amide bonds. The zero-order chi connectivity index (χ0) is 21.2. The Hall–Kier alpha value is -2.69. The third kappa shape index (κ3) is 4.58. The lowest BCUT2D eigenvalue weighted by atomic mass is 9.78. The molecule has 0 unspecified atom stereocenters. The Labute approximate surface area is 160 Å². The molecule has 1 aliphatic carbocycles. The molecule has 11 nitrogen and oxygen atoms in total. The van der Waals surface area contributed by atoms with Crippen LogP contribution in [-0.4, -0.2) is 72.6 Å². The van der Waals surface area contributed by atoms with Gasteiger partial charge < -0.3 is 28.4 Å². The van der Waals surface area contributed by atoms with E-state index < -0.39 is 72.6 Å². The molecule has 6 atom stereocenters. The standard InChI is InChI=1S/C17H22O11/c1-7(18)23-6-17(28-11(5)22)15(26-10(4)21)13(25-9(3)20)12(24-8(2)19)14-16(17)27-14/h12-16H,6H2,1-5H3/t12-,13-,14-,15+,16-,17+/m1/s1. The van der Waals surface area contributed by atoms with Crippen molar-refractivity contribution >= 4 is 29.8 Å². The van der Waals surface area contributed by atoms with Gasteiger partial charge >= 0.3 is 29.8 Å². The summed E-state index contributed by atoms with van der Waals surface area (Å²) in [7, 11) is 0. The fraction of sp³-hybridized carbons (Fsp3) is 0.706. The van der Waals surface area contributed by atoms with E-state index in [0.29, 0.717) is 0 Å². The molecule has 156 valence electrons. The van der Waals surface area contributed by atoms with Crippen LogP contribution in [0.3, 0.4) is 0 Å². The van der Waals surface area contributed by atoms with Gasteiger partial charge in [0, 0.05) is 34.6 Å². The van der Waals surface area contributed by atoms with E-state index in [1.54, 1.807) is 0 Å². The Bertz CT molecular complexity index is 687. The molecule has 1 saturated carbocycles. The Morgan fingerprint density at radius 3 is 1.75 bits per heavy atom. The van der Waals surface area contributed by atoms with Crippen molar-refractivity contribution in [1.29, 1.82) is 0 Å². The zero-order valence-corrected chi connectivity index (χ0v) is 16.1. The molecule has 0 aromatic rings. The summed E-state index contributed by atoms with van der Waals surface area (Å²) in [6.07, 6.45) is -5.67. The van der Waals surface area contributed by atoms with Crippen LogP contribution in [0, 0.1) is 0 Å². The van der Waals surface area contributed by atoms with E-state index in [1.807, 2.05) is 0 Å². The first kappa shape index (κ1) is 21.6. The lowest BCUT2D eigenvalue weighted by Gasteiger charge is -2.44. The Kier molecular flexibility index (Phi) is 6.27. The SMILES string of the molecule is CC(=O)OC[C@@]1(OC(C)=O)[C@@H]2O[C@@H]2[C@H](OC(C)=O)[C@@H](OC(C)=O)[C@@H]1OC(C)=O. The van der Waals surface area contributed by atoms with Gasteiger partial charge in [0.25, 0.3) is 0 Å². The molecule has 11 heteroatoms. The highest BCUT2D eigenvalue weighted by atomic mass is 16.7. The average molecular weight is 402 g/mol. The molecule has 0 N–H and O–H groups in total. The minimum atomic E-state index is -1.79. The van der Waals surface area contributed by atoms with Gasteiger partial charge in [-0.1, -0.05) is 0 Å². The van der Waals surface area contributed by atoms with Crippen molar-refractivity contribution in [3.05, 3.63) is 0 Å². The summed E-state index contributed by atoms with van der Waals surface area (Å²) < 4.78 is 31.8. The van der Waals surface area contributed by atoms with Gasteiger partial charge in [-0.15, -0.1) is 0 Å². The number of rotatable bonds is 6. The topological polar surface area (TPSA) is 144 Å². The minimum Gasteiger partial charge on any atom is -0.461 e. The fourth-order valence-corrected chi connectivity index (χ4v) is 3.35. The monoisotopic (exact) mass is 402 g/mol. The van der Waals surface area contributed by atoms with Gasteiger partial charge in [0.2, 0.25) is 5.60 Å². The van der Waals surface area contributed by atoms with Crippen molar-refractivity contribution in [3.8, 4) is 0 Å². The van der Waals surface area contributed by atoms with E-state index in [2.05, 4.69) is 0 Å². The average Bonchev–Trinajstić information content (AvgIpc) is 3.32. The van der Waals surface area contributed by atoms with Gasteiger partial charge in [-0.3, -0.25) is 24.0 Å². The summed E-state index contributed by atoms with van der Waals surface area (Å²) >= 11 is 0. The first-order valence-corrected chi connectivity index (χ1v) is 8.48. The van der Waals surface area contributed by atoms with Crippen LogP contribution in [0.2, 0.25) is 0 Å². The molecule has 1 saturated heterocycles. The van der Waals surface area contributed by atoms with Crippen LogP contribution in [0.1, 0.15) is 34.6 Å². The summed E-state index contributed by atoms with van der Waals surface area (Å²) in [5.74, 6) is -3.69. The molecule has 2 aliphatic rings. The lowest BCUT2D eigenvalue weighted by molar-refractivity contribution is -0.235. The van der Waals surface area contributed by atoms with Crippen LogP contribution in [0.5, 0.6) is 0 Å². The molecular formula is C17H22O11. The van der Waals surface area contributed by atoms with E-state index in [0.717, 1.165) is 34.6 Å². The fourth-order valence-electron chi connectivity index (χ4n) is 3.35. The summed E-state index contributed by atoms with van der Waals surface area (Å²) in [5, 5.41) is 0. The minimum absolute atomic E-state index is 0.522. The van der Waals surface area contributed by atoms with E-state index in [-0.39, 0.29) is 0 Å². The highest BCUT2D eigenvalue weighted by Crippen LogP contribution is 2.49. The Morgan fingerprint density at radius 1 is 0.750 bits per heavy atom. The summed E-state index contributed by atoms with van der Waals surface area (Å²) in [5.41, 5.74) is -1.79. The van der Waals surface area contributed by atoms with E-state index in [1.165, 1.54) is 0 Å². The maximum Gasteiger partial charge on any atom is 0.303 e. The number of hydrogen-bond acceptors (Lipinski definition) is 11. The largest absolute Gasteiger partial charge is 0.461 e. The van der Waals surface area contributed by atoms with Gasteiger partial charge in [-0.05, 0) is 0 Å². The van der Waals surface area contributed by atoms with E-state index in [9.17, 15) is 24.0 Å². The number of fused-ring (bicyclic) bond motifs is 1. The first-order valence-electron chi connectivity index (χ1n) is 8.48. The maximum atomic E-state index is 11.8. The second kappa shape index (κ2) is 8.13. The van der Waals surface area contributed by atoms with Crippen molar-refractivity contribution in [3.63, 3.8) is 0 Å². The van der Waals surface area contributed by atoms with Crippen LogP contribution in [0.15, 0.2) is 0 Å². The molecule has 0 aromatic carbocycles. The predicted molar refractivity (Wildman–Crippen MR) is 86.5 cm³/mol. The van der Waals surface area contributed by atoms with Crippen LogP contribution >= 0.6 is 0 Å².